The van der Waals surface area contributed by atoms with Crippen molar-refractivity contribution in [1.29, 1.82) is 4.78 Å². The molecule has 0 spiro atoms. The first kappa shape index (κ1) is 21.1. The van der Waals surface area contributed by atoms with Crippen molar-refractivity contribution in [3.63, 3.8) is 0 Å². The zero-order chi connectivity index (χ0) is 22.0. The first-order valence-corrected chi connectivity index (χ1v) is 13.1. The van der Waals surface area contributed by atoms with Gasteiger partial charge in [-0.1, -0.05) is 19.1 Å². The third-order valence-electron chi connectivity index (χ3n) is 6.73. The Morgan fingerprint density at radius 1 is 1.39 bits per heavy atom. The van der Waals surface area contributed by atoms with E-state index in [1.807, 2.05) is 0 Å². The highest BCUT2D eigenvalue weighted by Crippen LogP contribution is 2.46. The predicted octanol–water partition coefficient (Wildman–Crippen LogP) is 3.50. The van der Waals surface area contributed by atoms with Crippen molar-refractivity contribution in [2.45, 2.75) is 54.8 Å². The van der Waals surface area contributed by atoms with Crippen molar-refractivity contribution in [3.05, 3.63) is 45.3 Å². The Hall–Kier alpha value is -1.78. The Balaban J connectivity index is 1.55. The zero-order valence-corrected chi connectivity index (χ0v) is 19.0. The van der Waals surface area contributed by atoms with Gasteiger partial charge in [0.15, 0.2) is 0 Å². The summed E-state index contributed by atoms with van der Waals surface area (Å²) in [7, 11) is -3.63. The van der Waals surface area contributed by atoms with Gasteiger partial charge in [-0.3, -0.25) is 4.79 Å². The van der Waals surface area contributed by atoms with Gasteiger partial charge in [-0.05, 0) is 66.7 Å². The van der Waals surface area contributed by atoms with Crippen LogP contribution in [0.3, 0.4) is 0 Å². The van der Waals surface area contributed by atoms with Crippen molar-refractivity contribution in [3.8, 4) is 0 Å². The van der Waals surface area contributed by atoms with Gasteiger partial charge in [0.25, 0.3) is 5.91 Å². The van der Waals surface area contributed by atoms with E-state index in [0.717, 1.165) is 41.9 Å². The molecule has 166 valence electrons. The number of benzene rings is 1. The molecule has 5 N–H and O–H groups in total. The van der Waals surface area contributed by atoms with E-state index in [0.29, 0.717) is 16.7 Å². The number of hydrogen-bond donors (Lipinski definition) is 4. The molecule has 31 heavy (non-hydrogen) atoms. The number of nitrogens with one attached hydrogen (secondary N) is 2. The quantitative estimate of drug-likeness (QED) is 0.525. The lowest BCUT2D eigenvalue weighted by Gasteiger charge is -2.35. The van der Waals surface area contributed by atoms with Crippen molar-refractivity contribution in [2.24, 2.45) is 11.1 Å². The molecule has 2 aromatic rings. The molecule has 2 atom stereocenters. The summed E-state index contributed by atoms with van der Waals surface area (Å²) in [5, 5.41) is 19.4. The van der Waals surface area contributed by atoms with Crippen molar-refractivity contribution in [2.75, 3.05) is 18.5 Å². The maximum Gasteiger partial charge on any atom is 0.257 e. The van der Waals surface area contributed by atoms with Crippen LogP contribution in [0.5, 0.6) is 0 Å². The normalized spacial score (nSPS) is 22.3. The summed E-state index contributed by atoms with van der Waals surface area (Å²) in [6, 6.07) is 5.84. The van der Waals surface area contributed by atoms with Crippen LogP contribution in [0.15, 0.2) is 22.4 Å². The number of aliphatic hydroxyl groups is 1. The van der Waals surface area contributed by atoms with Crippen molar-refractivity contribution in [1.82, 2.24) is 0 Å². The number of rotatable bonds is 6. The number of thiophene rings is 1. The average Bonchev–Trinajstić information content (AvgIpc) is 3.24. The van der Waals surface area contributed by atoms with Crippen LogP contribution >= 0.6 is 11.3 Å². The van der Waals surface area contributed by atoms with E-state index in [9.17, 15) is 14.1 Å². The van der Waals surface area contributed by atoms with Crippen LogP contribution in [0.4, 0.5) is 5.69 Å². The summed E-state index contributed by atoms with van der Waals surface area (Å²) in [5.41, 5.74) is 3.32. The molecule has 1 unspecified atom stereocenters. The number of aryl methyl sites for hydroxylation is 1. The van der Waals surface area contributed by atoms with E-state index in [1.54, 1.807) is 0 Å². The molecular formula is C22H27N3O4S2. The van der Waals surface area contributed by atoms with Crippen LogP contribution in [0, 0.1) is 10.7 Å². The smallest absolute Gasteiger partial charge is 0.257 e. The molecule has 1 aliphatic heterocycles. The largest absolute Gasteiger partial charge is 0.379 e. The Kier molecular flexibility index (Phi) is 5.02. The number of amides is 1. The standard InChI is InChI=1S/C22H27N3O4S2/c1-12(13-5-6-13)15-8-7-14-3-2-4-16(14)19(15)25-20(26)17-9-18(22(27)10-29-11-22)30-21(17)31(23,24)28/h7-9,12-13,27H,2-6,10-11H2,1H3,(H,25,26)(H3,23,24,28)/t12-/m0/s1. The van der Waals surface area contributed by atoms with E-state index in [2.05, 4.69) is 24.4 Å². The third kappa shape index (κ3) is 3.72. The van der Waals surface area contributed by atoms with E-state index in [-0.39, 0.29) is 23.0 Å². The maximum absolute atomic E-state index is 13.4. The summed E-state index contributed by atoms with van der Waals surface area (Å²) < 4.78 is 25.4. The van der Waals surface area contributed by atoms with E-state index in [1.165, 1.54) is 30.0 Å². The van der Waals surface area contributed by atoms with Crippen molar-refractivity contribution >= 4 is 32.8 Å². The fourth-order valence-corrected chi connectivity index (χ4v) is 6.86. The van der Waals surface area contributed by atoms with Gasteiger partial charge in [-0.15, -0.1) is 11.3 Å². The molecule has 3 aliphatic rings. The molecule has 2 heterocycles. The fraction of sp³-hybridized carbons (Fsp3) is 0.500. The van der Waals surface area contributed by atoms with Crippen LogP contribution in [0.1, 0.15) is 64.0 Å². The second-order valence-corrected chi connectivity index (χ2v) is 12.0. The highest BCUT2D eigenvalue weighted by atomic mass is 32.2. The van der Waals surface area contributed by atoms with Crippen LogP contribution in [-0.2, 0) is 33.1 Å². The number of carbonyl (C=O) groups excluding carboxylic acids is 1. The lowest BCUT2D eigenvalue weighted by molar-refractivity contribution is -0.182. The van der Waals surface area contributed by atoms with Crippen molar-refractivity contribution < 1.29 is 18.8 Å². The molecular weight excluding hydrogens is 434 g/mol. The molecule has 7 nitrogen and oxygen atoms in total. The minimum atomic E-state index is -3.63. The lowest BCUT2D eigenvalue weighted by Crippen LogP contribution is -2.45. The second-order valence-electron chi connectivity index (χ2n) is 9.04. The van der Waals surface area contributed by atoms with Gasteiger partial charge in [0.2, 0.25) is 0 Å². The number of ether oxygens (including phenoxy) is 1. The highest BCUT2D eigenvalue weighted by molar-refractivity contribution is 7.92. The number of anilines is 1. The summed E-state index contributed by atoms with van der Waals surface area (Å²) >= 11 is 0.960. The SMILES string of the molecule is C[C@H](c1ccc2c(c1NC(=O)c1cc(C3(O)COC3)sc1S(=N)(N)=O)CCC2)C1CC1. The lowest BCUT2D eigenvalue weighted by atomic mass is 9.91. The molecule has 1 saturated carbocycles. The van der Waals surface area contributed by atoms with Crippen LogP contribution in [-0.4, -0.2) is 28.4 Å². The van der Waals surface area contributed by atoms with E-state index in [4.69, 9.17) is 14.7 Å². The number of carbonyl (C=O) groups is 1. The van der Waals surface area contributed by atoms with Crippen LogP contribution < -0.4 is 10.5 Å². The molecule has 0 bridgehead atoms. The average molecular weight is 462 g/mol. The summed E-state index contributed by atoms with van der Waals surface area (Å²) in [6.45, 7) is 2.42. The van der Waals surface area contributed by atoms with Gasteiger partial charge >= 0.3 is 0 Å². The predicted molar refractivity (Wildman–Crippen MR) is 120 cm³/mol. The van der Waals surface area contributed by atoms with Crippen LogP contribution in [0.2, 0.25) is 0 Å². The minimum absolute atomic E-state index is 0.00954. The summed E-state index contributed by atoms with van der Waals surface area (Å²) in [5.74, 6) is 0.556. The summed E-state index contributed by atoms with van der Waals surface area (Å²) in [4.78, 5) is 13.9. The Bertz CT molecular complexity index is 1160. The van der Waals surface area contributed by atoms with Gasteiger partial charge in [0.05, 0.1) is 18.8 Å². The van der Waals surface area contributed by atoms with E-state index < -0.39 is 21.4 Å². The Morgan fingerprint density at radius 3 is 2.74 bits per heavy atom. The number of nitrogens with two attached hydrogens (primary N) is 1. The number of fused-ring (bicyclic) bond motifs is 1. The molecule has 2 aliphatic carbocycles. The molecule has 5 rings (SSSR count). The maximum atomic E-state index is 13.4. The zero-order valence-electron chi connectivity index (χ0n) is 17.4. The summed E-state index contributed by atoms with van der Waals surface area (Å²) in [6.07, 6.45) is 5.39. The van der Waals surface area contributed by atoms with Gasteiger partial charge in [-0.25, -0.2) is 14.1 Å². The van der Waals surface area contributed by atoms with Crippen LogP contribution in [0.25, 0.3) is 0 Å². The van der Waals surface area contributed by atoms with Gasteiger partial charge in [0.1, 0.15) is 19.7 Å². The third-order valence-corrected chi connectivity index (χ3v) is 9.62. The molecule has 0 radical (unpaired) electrons. The Morgan fingerprint density at radius 2 is 2.13 bits per heavy atom. The number of hydrogen-bond acceptors (Lipinski definition) is 6. The first-order valence-electron chi connectivity index (χ1n) is 10.6. The highest BCUT2D eigenvalue weighted by Gasteiger charge is 2.41. The first-order chi connectivity index (χ1) is 14.7. The molecule has 2 fully saturated rings. The molecule has 1 aromatic carbocycles. The second kappa shape index (κ2) is 7.38. The molecule has 9 heteroatoms. The van der Waals surface area contributed by atoms with Gasteiger partial charge in [0, 0.05) is 10.6 Å². The fourth-order valence-electron chi connectivity index (χ4n) is 4.67. The topological polar surface area (TPSA) is 126 Å². The van der Waals surface area contributed by atoms with Gasteiger partial charge in [-0.2, -0.15) is 0 Å². The monoisotopic (exact) mass is 461 g/mol. The Labute approximate surface area is 186 Å². The van der Waals surface area contributed by atoms with Gasteiger partial charge < -0.3 is 15.2 Å². The molecule has 1 saturated heterocycles. The minimum Gasteiger partial charge on any atom is -0.379 e. The van der Waals surface area contributed by atoms with E-state index >= 15 is 0 Å². The molecule has 1 amide bonds. The molecule has 1 aromatic heterocycles.